The molecular weight excluding hydrogens is 338 g/mol. The Balaban J connectivity index is 1.47. The molecule has 0 radical (unpaired) electrons. The Kier molecular flexibility index (Phi) is 4.78. The third-order valence-electron chi connectivity index (χ3n) is 5.45. The van der Waals surface area contributed by atoms with Crippen LogP contribution in [0.1, 0.15) is 49.6 Å². The van der Waals surface area contributed by atoms with Crippen LogP contribution in [0, 0.1) is 5.92 Å². The number of alkyl halides is 2. The van der Waals surface area contributed by atoms with Crippen LogP contribution in [0.5, 0.6) is 5.75 Å². The van der Waals surface area contributed by atoms with E-state index in [1.54, 1.807) is 0 Å². The summed E-state index contributed by atoms with van der Waals surface area (Å²) in [4.78, 5) is 2.03. The Bertz CT molecular complexity index is 773. The standard InChI is InChI=1S/C19H24F2N4O/c1-2-25-18(17(20)21)22-23-19(25)24-9-8-14-10-16(7-6-15(14)11-24)26-12-13-4-3-5-13/h6-7,10,13,17H,2-5,8-9,11-12H2,1H3. The van der Waals surface area contributed by atoms with Gasteiger partial charge in [0.1, 0.15) is 5.75 Å². The molecule has 2 aromatic rings. The number of rotatable bonds is 6. The molecule has 7 heteroatoms. The number of nitrogens with zero attached hydrogens (tertiary/aromatic N) is 4. The number of aromatic nitrogens is 3. The smallest absolute Gasteiger partial charge is 0.297 e. The molecule has 1 saturated carbocycles. The number of benzene rings is 1. The molecule has 0 N–H and O–H groups in total. The van der Waals surface area contributed by atoms with Gasteiger partial charge in [0.15, 0.2) is 0 Å². The molecule has 26 heavy (non-hydrogen) atoms. The molecule has 1 aromatic heterocycles. The van der Waals surface area contributed by atoms with E-state index in [0.717, 1.165) is 25.3 Å². The molecule has 0 spiro atoms. The SMILES string of the molecule is CCn1c(C(F)F)nnc1N1CCc2cc(OCC3CCC3)ccc2C1. The number of halogens is 2. The summed E-state index contributed by atoms with van der Waals surface area (Å²) in [6, 6.07) is 6.22. The fourth-order valence-electron chi connectivity index (χ4n) is 3.67. The predicted octanol–water partition coefficient (Wildman–Crippen LogP) is 3.98. The highest BCUT2D eigenvalue weighted by Crippen LogP contribution is 2.30. The van der Waals surface area contributed by atoms with Gasteiger partial charge in [-0.1, -0.05) is 12.5 Å². The van der Waals surface area contributed by atoms with Gasteiger partial charge in [0.2, 0.25) is 11.8 Å². The van der Waals surface area contributed by atoms with Gasteiger partial charge >= 0.3 is 0 Å². The van der Waals surface area contributed by atoms with Crippen molar-refractivity contribution in [2.45, 2.75) is 52.1 Å². The Labute approximate surface area is 152 Å². The monoisotopic (exact) mass is 362 g/mol. The quantitative estimate of drug-likeness (QED) is 0.780. The summed E-state index contributed by atoms with van der Waals surface area (Å²) in [6.07, 6.45) is 2.11. The minimum absolute atomic E-state index is 0.256. The molecular formula is C19H24F2N4O. The number of fused-ring (bicyclic) bond motifs is 1. The lowest BCUT2D eigenvalue weighted by Crippen LogP contribution is -2.32. The highest BCUT2D eigenvalue weighted by molar-refractivity contribution is 5.43. The Morgan fingerprint density at radius 3 is 2.77 bits per heavy atom. The number of hydrogen-bond donors (Lipinski definition) is 0. The Hall–Kier alpha value is -2.18. The molecule has 0 unspecified atom stereocenters. The fraction of sp³-hybridized carbons (Fsp3) is 0.579. The van der Waals surface area contributed by atoms with Crippen LogP contribution in [0.2, 0.25) is 0 Å². The van der Waals surface area contributed by atoms with Crippen LogP contribution in [0.3, 0.4) is 0 Å². The molecule has 140 valence electrons. The molecule has 0 saturated heterocycles. The van der Waals surface area contributed by atoms with Gasteiger partial charge in [-0.2, -0.15) is 0 Å². The molecule has 1 aliphatic carbocycles. The summed E-state index contributed by atoms with van der Waals surface area (Å²) in [7, 11) is 0. The minimum atomic E-state index is -2.61. The second-order valence-corrected chi connectivity index (χ2v) is 7.11. The lowest BCUT2D eigenvalue weighted by Gasteiger charge is -2.30. The van der Waals surface area contributed by atoms with Crippen LogP contribution < -0.4 is 9.64 Å². The minimum Gasteiger partial charge on any atom is -0.493 e. The van der Waals surface area contributed by atoms with Crippen LogP contribution >= 0.6 is 0 Å². The number of ether oxygens (including phenoxy) is 1. The molecule has 2 heterocycles. The first kappa shape index (κ1) is 17.2. The Morgan fingerprint density at radius 2 is 2.08 bits per heavy atom. The summed E-state index contributed by atoms with van der Waals surface area (Å²) in [6.45, 7) is 4.46. The van der Waals surface area contributed by atoms with E-state index in [2.05, 4.69) is 22.3 Å². The van der Waals surface area contributed by atoms with Gasteiger partial charge in [-0.25, -0.2) is 8.78 Å². The van der Waals surface area contributed by atoms with E-state index >= 15 is 0 Å². The molecule has 0 atom stereocenters. The van der Waals surface area contributed by atoms with Crippen LogP contribution in [0.15, 0.2) is 18.2 Å². The lowest BCUT2D eigenvalue weighted by molar-refractivity contribution is 0.135. The van der Waals surface area contributed by atoms with E-state index in [-0.39, 0.29) is 5.82 Å². The zero-order valence-electron chi connectivity index (χ0n) is 15.0. The van der Waals surface area contributed by atoms with E-state index in [1.807, 2.05) is 17.9 Å². The topological polar surface area (TPSA) is 43.2 Å². The van der Waals surface area contributed by atoms with Crippen molar-refractivity contribution < 1.29 is 13.5 Å². The molecule has 2 aliphatic rings. The highest BCUT2D eigenvalue weighted by atomic mass is 19.3. The molecule has 1 aliphatic heterocycles. The summed E-state index contributed by atoms with van der Waals surface area (Å²) in [5.74, 6) is 1.92. The number of hydrogen-bond acceptors (Lipinski definition) is 4. The first-order valence-electron chi connectivity index (χ1n) is 9.36. The molecule has 0 amide bonds. The molecule has 1 aromatic carbocycles. The van der Waals surface area contributed by atoms with Crippen molar-refractivity contribution in [3.63, 3.8) is 0 Å². The van der Waals surface area contributed by atoms with Gasteiger partial charge < -0.3 is 9.64 Å². The van der Waals surface area contributed by atoms with Crippen molar-refractivity contribution in [2.24, 2.45) is 5.92 Å². The van der Waals surface area contributed by atoms with Gasteiger partial charge in [0.05, 0.1) is 6.61 Å². The van der Waals surface area contributed by atoms with Crippen molar-refractivity contribution in [2.75, 3.05) is 18.1 Å². The van der Waals surface area contributed by atoms with E-state index in [4.69, 9.17) is 4.74 Å². The van der Waals surface area contributed by atoms with Crippen LogP contribution in [0.4, 0.5) is 14.7 Å². The van der Waals surface area contributed by atoms with E-state index in [9.17, 15) is 8.78 Å². The maximum Gasteiger partial charge on any atom is 0.297 e. The second-order valence-electron chi connectivity index (χ2n) is 7.11. The number of anilines is 1. The van der Waals surface area contributed by atoms with Gasteiger partial charge in [-0.3, -0.25) is 4.57 Å². The van der Waals surface area contributed by atoms with E-state index in [0.29, 0.717) is 25.0 Å². The second kappa shape index (κ2) is 7.21. The van der Waals surface area contributed by atoms with Crippen molar-refractivity contribution in [1.82, 2.24) is 14.8 Å². The van der Waals surface area contributed by atoms with Crippen molar-refractivity contribution >= 4 is 5.95 Å². The van der Waals surface area contributed by atoms with Crippen molar-refractivity contribution in [3.8, 4) is 5.75 Å². The zero-order valence-corrected chi connectivity index (χ0v) is 15.0. The third kappa shape index (κ3) is 3.27. The van der Waals surface area contributed by atoms with Crippen LogP contribution in [-0.2, 0) is 19.5 Å². The van der Waals surface area contributed by atoms with Gasteiger partial charge in [-0.05, 0) is 55.4 Å². The fourth-order valence-corrected chi connectivity index (χ4v) is 3.67. The van der Waals surface area contributed by atoms with Crippen molar-refractivity contribution in [1.29, 1.82) is 0 Å². The summed E-state index contributed by atoms with van der Waals surface area (Å²) < 4.78 is 33.6. The van der Waals surface area contributed by atoms with Gasteiger partial charge in [-0.15, -0.1) is 10.2 Å². The molecule has 0 bridgehead atoms. The lowest BCUT2D eigenvalue weighted by atomic mass is 9.86. The normalized spacial score (nSPS) is 17.3. The predicted molar refractivity (Wildman–Crippen MR) is 94.7 cm³/mol. The third-order valence-corrected chi connectivity index (χ3v) is 5.45. The van der Waals surface area contributed by atoms with E-state index < -0.39 is 6.43 Å². The average molecular weight is 362 g/mol. The summed E-state index contributed by atoms with van der Waals surface area (Å²) >= 11 is 0. The molecule has 4 rings (SSSR count). The first-order valence-corrected chi connectivity index (χ1v) is 9.36. The van der Waals surface area contributed by atoms with Gasteiger partial charge in [0, 0.05) is 19.6 Å². The average Bonchev–Trinajstić information content (AvgIpc) is 3.04. The highest BCUT2D eigenvalue weighted by Gasteiger charge is 2.25. The van der Waals surface area contributed by atoms with E-state index in [1.165, 1.54) is 35.0 Å². The Morgan fingerprint density at radius 1 is 1.23 bits per heavy atom. The maximum atomic E-state index is 13.1. The zero-order chi connectivity index (χ0) is 18.1. The molecule has 1 fully saturated rings. The summed E-state index contributed by atoms with van der Waals surface area (Å²) in [5.41, 5.74) is 2.46. The first-order chi connectivity index (χ1) is 12.7. The van der Waals surface area contributed by atoms with Crippen LogP contribution in [0.25, 0.3) is 0 Å². The summed E-state index contributed by atoms with van der Waals surface area (Å²) in [5, 5.41) is 7.71. The van der Waals surface area contributed by atoms with Crippen LogP contribution in [-0.4, -0.2) is 27.9 Å². The van der Waals surface area contributed by atoms with Crippen molar-refractivity contribution in [3.05, 3.63) is 35.2 Å². The molecule has 5 nitrogen and oxygen atoms in total. The largest absolute Gasteiger partial charge is 0.493 e. The van der Waals surface area contributed by atoms with Gasteiger partial charge in [0.25, 0.3) is 6.43 Å². The maximum absolute atomic E-state index is 13.1.